The highest BCUT2D eigenvalue weighted by atomic mass is 79.9. The first-order valence-corrected chi connectivity index (χ1v) is 8.98. The van der Waals surface area contributed by atoms with Gasteiger partial charge in [-0.3, -0.25) is 0 Å². The highest BCUT2D eigenvalue weighted by Crippen LogP contribution is 2.29. The second kappa shape index (κ2) is 6.07. The molecule has 23 heavy (non-hydrogen) atoms. The summed E-state index contributed by atoms with van der Waals surface area (Å²) in [6.45, 7) is 5.93. The van der Waals surface area contributed by atoms with Crippen LogP contribution in [0.3, 0.4) is 0 Å². The van der Waals surface area contributed by atoms with Gasteiger partial charge in [0.15, 0.2) is 0 Å². The summed E-state index contributed by atoms with van der Waals surface area (Å²) in [6, 6.07) is 4.13. The van der Waals surface area contributed by atoms with Crippen LogP contribution in [0.4, 0.5) is 11.6 Å². The zero-order valence-corrected chi connectivity index (χ0v) is 14.9. The summed E-state index contributed by atoms with van der Waals surface area (Å²) in [4.78, 5) is 18.6. The van der Waals surface area contributed by atoms with E-state index in [9.17, 15) is 0 Å². The Kier molecular flexibility index (Phi) is 3.93. The van der Waals surface area contributed by atoms with E-state index in [4.69, 9.17) is 4.98 Å². The van der Waals surface area contributed by atoms with Crippen molar-refractivity contribution in [3.8, 4) is 0 Å². The minimum Gasteiger partial charge on any atom is -0.353 e. The zero-order valence-electron chi connectivity index (χ0n) is 13.3. The van der Waals surface area contributed by atoms with Gasteiger partial charge in [-0.1, -0.05) is 0 Å². The fraction of sp³-hybridized carbons (Fsp3) is 0.471. The summed E-state index contributed by atoms with van der Waals surface area (Å²) >= 11 is 3.44. The average Bonchev–Trinajstić information content (AvgIpc) is 3.03. The fourth-order valence-corrected chi connectivity index (χ4v) is 3.73. The van der Waals surface area contributed by atoms with Crippen LogP contribution in [-0.2, 0) is 12.8 Å². The Morgan fingerprint density at radius 2 is 1.78 bits per heavy atom. The van der Waals surface area contributed by atoms with Gasteiger partial charge in [0, 0.05) is 48.1 Å². The van der Waals surface area contributed by atoms with Gasteiger partial charge in [-0.15, -0.1) is 0 Å². The highest BCUT2D eigenvalue weighted by molar-refractivity contribution is 9.10. The van der Waals surface area contributed by atoms with Crippen molar-refractivity contribution in [2.75, 3.05) is 36.0 Å². The first-order valence-electron chi connectivity index (χ1n) is 8.18. The number of nitrogens with zero attached hydrogens (tertiary/aromatic N) is 5. The van der Waals surface area contributed by atoms with Crippen molar-refractivity contribution in [1.29, 1.82) is 0 Å². The molecule has 0 radical (unpaired) electrons. The van der Waals surface area contributed by atoms with E-state index in [1.807, 2.05) is 13.1 Å². The topological polar surface area (TPSA) is 45.2 Å². The maximum absolute atomic E-state index is 4.75. The molecule has 2 aromatic heterocycles. The lowest BCUT2D eigenvalue weighted by Crippen LogP contribution is -2.47. The molecule has 1 aliphatic heterocycles. The largest absolute Gasteiger partial charge is 0.353 e. The van der Waals surface area contributed by atoms with Crippen LogP contribution in [0, 0.1) is 6.92 Å². The minimum absolute atomic E-state index is 0.901. The van der Waals surface area contributed by atoms with E-state index in [0.29, 0.717) is 0 Å². The van der Waals surface area contributed by atoms with Crippen LogP contribution in [-0.4, -0.2) is 41.1 Å². The summed E-state index contributed by atoms with van der Waals surface area (Å²) in [5.74, 6) is 3.13. The van der Waals surface area contributed by atoms with Gasteiger partial charge in [0.25, 0.3) is 0 Å². The molecule has 0 saturated carbocycles. The van der Waals surface area contributed by atoms with Gasteiger partial charge in [0.2, 0.25) is 0 Å². The molecule has 1 saturated heterocycles. The summed E-state index contributed by atoms with van der Waals surface area (Å²) in [5.41, 5.74) is 2.65. The second-order valence-electron chi connectivity index (χ2n) is 6.18. The molecule has 0 atom stereocenters. The molecule has 0 unspecified atom stereocenters. The quantitative estimate of drug-likeness (QED) is 0.809. The normalized spacial score (nSPS) is 17.5. The minimum atomic E-state index is 0.901. The third-order valence-electron chi connectivity index (χ3n) is 4.64. The maximum atomic E-state index is 4.75. The molecule has 0 spiro atoms. The summed E-state index contributed by atoms with van der Waals surface area (Å²) in [7, 11) is 0. The molecule has 2 aliphatic rings. The Bertz CT molecular complexity index is 708. The molecule has 1 fully saturated rings. The van der Waals surface area contributed by atoms with Crippen LogP contribution in [0.2, 0.25) is 0 Å². The third kappa shape index (κ3) is 2.92. The van der Waals surface area contributed by atoms with Gasteiger partial charge >= 0.3 is 0 Å². The number of rotatable bonds is 2. The van der Waals surface area contributed by atoms with E-state index < -0.39 is 0 Å². The number of aromatic nitrogens is 3. The molecule has 2 aromatic rings. The fourth-order valence-electron chi connectivity index (χ4n) is 3.50. The highest BCUT2D eigenvalue weighted by Gasteiger charge is 2.25. The van der Waals surface area contributed by atoms with E-state index in [2.05, 4.69) is 47.8 Å². The number of anilines is 2. The Hall–Kier alpha value is -1.69. The van der Waals surface area contributed by atoms with Crippen LogP contribution in [0.15, 0.2) is 22.8 Å². The van der Waals surface area contributed by atoms with E-state index >= 15 is 0 Å². The maximum Gasteiger partial charge on any atom is 0.135 e. The molecule has 0 N–H and O–H groups in total. The van der Waals surface area contributed by atoms with Crippen LogP contribution in [0.1, 0.15) is 23.5 Å². The molecule has 4 rings (SSSR count). The van der Waals surface area contributed by atoms with Crippen molar-refractivity contribution in [2.45, 2.75) is 26.2 Å². The molecule has 6 heteroatoms. The van der Waals surface area contributed by atoms with Crippen LogP contribution >= 0.6 is 15.9 Å². The molecule has 120 valence electrons. The number of hydrogen-bond acceptors (Lipinski definition) is 5. The molecule has 0 amide bonds. The molecular formula is C17H20BrN5. The number of hydrogen-bond donors (Lipinski definition) is 0. The summed E-state index contributed by atoms with van der Waals surface area (Å²) in [6.07, 6.45) is 5.31. The smallest absolute Gasteiger partial charge is 0.135 e. The SMILES string of the molecule is Cc1nc2c(c(N3CCN(c4ccc(Br)cn4)CC3)n1)CCC2. The van der Waals surface area contributed by atoms with Crippen molar-refractivity contribution in [3.05, 3.63) is 39.9 Å². The first kappa shape index (κ1) is 14.9. The second-order valence-corrected chi connectivity index (χ2v) is 7.10. The number of pyridine rings is 1. The Morgan fingerprint density at radius 1 is 1.00 bits per heavy atom. The predicted molar refractivity (Wildman–Crippen MR) is 95.2 cm³/mol. The number of halogens is 1. The van der Waals surface area contributed by atoms with Crippen molar-refractivity contribution in [2.24, 2.45) is 0 Å². The number of fused-ring (bicyclic) bond motifs is 1. The van der Waals surface area contributed by atoms with Gasteiger partial charge in [-0.25, -0.2) is 15.0 Å². The zero-order chi connectivity index (χ0) is 15.8. The van der Waals surface area contributed by atoms with Crippen LogP contribution < -0.4 is 9.80 Å². The summed E-state index contributed by atoms with van der Waals surface area (Å²) in [5, 5.41) is 0. The van der Waals surface area contributed by atoms with Crippen LogP contribution in [0.5, 0.6) is 0 Å². The van der Waals surface area contributed by atoms with Gasteiger partial charge in [0.05, 0.1) is 0 Å². The molecule has 0 bridgehead atoms. The van der Waals surface area contributed by atoms with E-state index in [-0.39, 0.29) is 0 Å². The van der Waals surface area contributed by atoms with E-state index in [0.717, 1.165) is 55.1 Å². The molecule has 5 nitrogen and oxygen atoms in total. The average molecular weight is 374 g/mol. The first-order chi connectivity index (χ1) is 11.2. The van der Waals surface area contributed by atoms with E-state index in [1.165, 1.54) is 23.5 Å². The molecule has 1 aliphatic carbocycles. The molecule has 3 heterocycles. The number of aryl methyl sites for hydroxylation is 2. The van der Waals surface area contributed by atoms with Gasteiger partial charge < -0.3 is 9.80 Å². The van der Waals surface area contributed by atoms with Gasteiger partial charge in [-0.2, -0.15) is 0 Å². The van der Waals surface area contributed by atoms with E-state index in [1.54, 1.807) is 0 Å². The lowest BCUT2D eigenvalue weighted by atomic mass is 10.2. The summed E-state index contributed by atoms with van der Waals surface area (Å²) < 4.78 is 1.02. The third-order valence-corrected chi connectivity index (χ3v) is 5.11. The Morgan fingerprint density at radius 3 is 2.52 bits per heavy atom. The Balaban J connectivity index is 1.51. The van der Waals surface area contributed by atoms with Gasteiger partial charge in [0.1, 0.15) is 17.5 Å². The van der Waals surface area contributed by atoms with Crippen molar-refractivity contribution < 1.29 is 0 Å². The molecule has 0 aromatic carbocycles. The Labute approximate surface area is 144 Å². The van der Waals surface area contributed by atoms with Crippen molar-refractivity contribution >= 4 is 27.6 Å². The van der Waals surface area contributed by atoms with Gasteiger partial charge in [-0.05, 0) is 54.2 Å². The predicted octanol–water partition coefficient (Wildman–Crippen LogP) is 2.76. The monoisotopic (exact) mass is 373 g/mol. The molecular weight excluding hydrogens is 354 g/mol. The lowest BCUT2D eigenvalue weighted by Gasteiger charge is -2.36. The van der Waals surface area contributed by atoms with Crippen molar-refractivity contribution in [1.82, 2.24) is 15.0 Å². The van der Waals surface area contributed by atoms with Crippen LogP contribution in [0.25, 0.3) is 0 Å². The number of piperazine rings is 1. The lowest BCUT2D eigenvalue weighted by molar-refractivity contribution is 0.637. The standard InChI is InChI=1S/C17H20BrN5/c1-12-20-15-4-2-3-14(15)17(21-12)23-9-7-22(8-10-23)16-6-5-13(18)11-19-16/h5-6,11H,2-4,7-10H2,1H3. The van der Waals surface area contributed by atoms with Crippen molar-refractivity contribution in [3.63, 3.8) is 0 Å².